The Balaban J connectivity index is 1.32. The third-order valence-corrected chi connectivity index (χ3v) is 9.17. The molecular formula is C27H25BrN2O6S. The van der Waals surface area contributed by atoms with Crippen LogP contribution in [0.4, 0.5) is 11.4 Å². The number of nitrogens with one attached hydrogen (secondary N) is 2. The van der Waals surface area contributed by atoms with E-state index < -0.39 is 10.0 Å². The number of hydrogen-bond acceptors (Lipinski definition) is 7. The van der Waals surface area contributed by atoms with Gasteiger partial charge in [0.2, 0.25) is 6.79 Å². The summed E-state index contributed by atoms with van der Waals surface area (Å²) >= 11 is 3.71. The molecule has 3 atom stereocenters. The van der Waals surface area contributed by atoms with Gasteiger partial charge in [-0.15, -0.1) is 0 Å². The van der Waals surface area contributed by atoms with Gasteiger partial charge < -0.3 is 24.3 Å². The maximum absolute atomic E-state index is 13.3. The van der Waals surface area contributed by atoms with Gasteiger partial charge in [-0.05, 0) is 65.9 Å². The van der Waals surface area contributed by atoms with E-state index in [1.807, 2.05) is 18.2 Å². The first-order valence-corrected chi connectivity index (χ1v) is 14.1. The number of sulfonamides is 1. The molecule has 3 aromatic carbocycles. The fourth-order valence-corrected chi connectivity index (χ4v) is 6.99. The molecule has 0 saturated carbocycles. The van der Waals surface area contributed by atoms with Gasteiger partial charge in [-0.2, -0.15) is 0 Å². The maximum atomic E-state index is 13.3. The lowest BCUT2D eigenvalue weighted by molar-refractivity contribution is 0.174. The second-order valence-electron chi connectivity index (χ2n) is 9.13. The van der Waals surface area contributed by atoms with Gasteiger partial charge in [-0.1, -0.05) is 28.1 Å². The summed E-state index contributed by atoms with van der Waals surface area (Å²) in [6.45, 7) is 0.217. The molecule has 0 radical (unpaired) electrons. The molecule has 0 amide bonds. The molecule has 0 spiro atoms. The van der Waals surface area contributed by atoms with E-state index in [1.54, 1.807) is 30.3 Å². The molecule has 0 aromatic heterocycles. The zero-order chi connectivity index (χ0) is 25.7. The zero-order valence-corrected chi connectivity index (χ0v) is 22.6. The number of methoxy groups -OCH3 is 2. The van der Waals surface area contributed by atoms with E-state index in [-0.39, 0.29) is 29.6 Å². The molecule has 0 bridgehead atoms. The zero-order valence-electron chi connectivity index (χ0n) is 20.2. The molecule has 2 heterocycles. The predicted molar refractivity (Wildman–Crippen MR) is 143 cm³/mol. The van der Waals surface area contributed by atoms with Crippen LogP contribution in [0.15, 0.2) is 70.1 Å². The maximum Gasteiger partial charge on any atom is 0.261 e. The molecule has 10 heteroatoms. The lowest BCUT2D eigenvalue weighted by atomic mass is 9.77. The van der Waals surface area contributed by atoms with E-state index in [0.29, 0.717) is 17.2 Å². The minimum atomic E-state index is -3.84. The van der Waals surface area contributed by atoms with Crippen molar-refractivity contribution in [2.75, 3.05) is 31.1 Å². The number of fused-ring (bicyclic) bond motifs is 4. The van der Waals surface area contributed by atoms with Crippen LogP contribution in [0.3, 0.4) is 0 Å². The Morgan fingerprint density at radius 1 is 0.973 bits per heavy atom. The van der Waals surface area contributed by atoms with Gasteiger partial charge in [0.15, 0.2) is 23.0 Å². The summed E-state index contributed by atoms with van der Waals surface area (Å²) in [5.41, 5.74) is 3.34. The van der Waals surface area contributed by atoms with Gasteiger partial charge in [0.1, 0.15) is 0 Å². The monoisotopic (exact) mass is 584 g/mol. The van der Waals surface area contributed by atoms with Crippen molar-refractivity contribution in [3.63, 3.8) is 0 Å². The average molecular weight is 585 g/mol. The number of hydrogen-bond donors (Lipinski definition) is 2. The van der Waals surface area contributed by atoms with Gasteiger partial charge in [0.05, 0.1) is 30.8 Å². The SMILES string of the molecule is COc1ccc(NS(=O)(=O)c2ccc3c(c2)[C@H]2C=CC[C@H]2[C@@H](c2cc4c(cc2Br)OCO4)N3)cc1OC. The molecule has 2 N–H and O–H groups in total. The van der Waals surface area contributed by atoms with Crippen LogP contribution in [-0.2, 0) is 10.0 Å². The second kappa shape index (κ2) is 9.18. The van der Waals surface area contributed by atoms with Crippen molar-refractivity contribution in [1.29, 1.82) is 0 Å². The van der Waals surface area contributed by atoms with Crippen LogP contribution in [0.25, 0.3) is 0 Å². The third-order valence-electron chi connectivity index (χ3n) is 7.11. The molecule has 6 rings (SSSR count). The first-order chi connectivity index (χ1) is 17.9. The normalized spacial score (nSPS) is 21.1. The van der Waals surface area contributed by atoms with Crippen molar-refractivity contribution in [3.05, 3.63) is 76.3 Å². The molecule has 1 aliphatic carbocycles. The summed E-state index contributed by atoms with van der Waals surface area (Å²) in [5.74, 6) is 2.72. The van der Waals surface area contributed by atoms with Crippen molar-refractivity contribution in [1.82, 2.24) is 0 Å². The minimum absolute atomic E-state index is 0.0173. The highest BCUT2D eigenvalue weighted by Crippen LogP contribution is 2.52. The van der Waals surface area contributed by atoms with Crippen LogP contribution < -0.4 is 29.0 Å². The summed E-state index contributed by atoms with van der Waals surface area (Å²) in [6, 6.07) is 14.1. The van der Waals surface area contributed by atoms with Crippen LogP contribution in [0.2, 0.25) is 0 Å². The summed E-state index contributed by atoms with van der Waals surface area (Å²) in [7, 11) is -0.797. The van der Waals surface area contributed by atoms with Gasteiger partial charge >= 0.3 is 0 Å². The molecule has 0 fully saturated rings. The van der Waals surface area contributed by atoms with E-state index in [9.17, 15) is 8.42 Å². The van der Waals surface area contributed by atoms with Crippen molar-refractivity contribution in [2.24, 2.45) is 5.92 Å². The largest absolute Gasteiger partial charge is 0.493 e. The molecule has 2 aliphatic heterocycles. The summed E-state index contributed by atoms with van der Waals surface area (Å²) in [5, 5.41) is 3.66. The second-order valence-corrected chi connectivity index (χ2v) is 11.7. The van der Waals surface area contributed by atoms with Gasteiger partial charge in [0, 0.05) is 22.1 Å². The molecule has 192 valence electrons. The Bertz CT molecular complexity index is 1520. The minimum Gasteiger partial charge on any atom is -0.493 e. The first-order valence-electron chi connectivity index (χ1n) is 11.8. The lowest BCUT2D eigenvalue weighted by Gasteiger charge is -2.38. The first kappa shape index (κ1) is 24.0. The van der Waals surface area contributed by atoms with Gasteiger partial charge in [-0.3, -0.25) is 4.72 Å². The van der Waals surface area contributed by atoms with E-state index in [2.05, 4.69) is 38.1 Å². The van der Waals surface area contributed by atoms with Crippen LogP contribution in [0, 0.1) is 5.92 Å². The Labute approximate surface area is 223 Å². The summed E-state index contributed by atoms with van der Waals surface area (Å²) in [4.78, 5) is 0.199. The predicted octanol–water partition coefficient (Wildman–Crippen LogP) is 5.82. The molecule has 8 nitrogen and oxygen atoms in total. The molecular weight excluding hydrogens is 560 g/mol. The summed E-state index contributed by atoms with van der Waals surface area (Å²) < 4.78 is 51.9. The van der Waals surface area contributed by atoms with Crippen molar-refractivity contribution in [2.45, 2.75) is 23.3 Å². The van der Waals surface area contributed by atoms with Gasteiger partial charge in [0.25, 0.3) is 10.0 Å². The van der Waals surface area contributed by atoms with Gasteiger partial charge in [-0.25, -0.2) is 8.42 Å². The molecule has 37 heavy (non-hydrogen) atoms. The number of halogens is 1. The topological polar surface area (TPSA) is 95.1 Å². The third kappa shape index (κ3) is 4.18. The molecule has 0 unspecified atom stereocenters. The van der Waals surface area contributed by atoms with Crippen LogP contribution in [0.5, 0.6) is 23.0 Å². The molecule has 0 saturated heterocycles. The molecule has 3 aliphatic rings. The Hall–Kier alpha value is -3.37. The fourth-order valence-electron chi connectivity index (χ4n) is 5.33. The van der Waals surface area contributed by atoms with E-state index >= 15 is 0 Å². The summed E-state index contributed by atoms with van der Waals surface area (Å²) in [6.07, 6.45) is 5.23. The Morgan fingerprint density at radius 3 is 2.54 bits per heavy atom. The van der Waals surface area contributed by atoms with Crippen LogP contribution >= 0.6 is 15.9 Å². The van der Waals surface area contributed by atoms with Crippen molar-refractivity contribution in [3.8, 4) is 23.0 Å². The highest BCUT2D eigenvalue weighted by atomic mass is 79.9. The number of ether oxygens (including phenoxy) is 4. The smallest absolute Gasteiger partial charge is 0.261 e. The Kier molecular flexibility index (Phi) is 5.95. The molecule has 3 aromatic rings. The average Bonchev–Trinajstić information content (AvgIpc) is 3.57. The highest BCUT2D eigenvalue weighted by Gasteiger charge is 2.39. The van der Waals surface area contributed by atoms with Crippen molar-refractivity contribution >= 4 is 37.3 Å². The van der Waals surface area contributed by atoms with Crippen LogP contribution in [0.1, 0.15) is 29.5 Å². The fraction of sp³-hybridized carbons (Fsp3) is 0.259. The van der Waals surface area contributed by atoms with E-state index in [1.165, 1.54) is 14.2 Å². The van der Waals surface area contributed by atoms with E-state index in [0.717, 1.165) is 39.2 Å². The number of benzene rings is 3. The van der Waals surface area contributed by atoms with E-state index in [4.69, 9.17) is 18.9 Å². The van der Waals surface area contributed by atoms with Crippen LogP contribution in [-0.4, -0.2) is 29.4 Å². The standard InChI is InChI=1S/C27H25BrN2O6S/c1-33-23-9-6-15(10-24(23)34-2)30-37(31,32)16-7-8-22-19(11-16)17-4-3-5-18(17)27(29-22)20-12-25-26(13-21(20)28)36-14-35-25/h3-4,6-13,17-18,27,29-30H,5,14H2,1-2H3/t17-,18+,27-/m0/s1. The number of allylic oxidation sites excluding steroid dienone is 2. The quantitative estimate of drug-likeness (QED) is 0.352. The number of anilines is 2. The van der Waals surface area contributed by atoms with Crippen molar-refractivity contribution < 1.29 is 27.4 Å². The Morgan fingerprint density at radius 2 is 1.76 bits per heavy atom. The highest BCUT2D eigenvalue weighted by molar-refractivity contribution is 9.10. The lowest BCUT2D eigenvalue weighted by Crippen LogP contribution is -2.29. The number of rotatable bonds is 6.